The second-order valence-corrected chi connectivity index (χ2v) is 7.04. The van der Waals surface area contributed by atoms with E-state index in [0.29, 0.717) is 13.0 Å². The Morgan fingerprint density at radius 2 is 1.75 bits per heavy atom. The van der Waals surface area contributed by atoms with E-state index < -0.39 is 12.1 Å². The van der Waals surface area contributed by atoms with Crippen LogP contribution in [0.1, 0.15) is 17.5 Å². The van der Waals surface area contributed by atoms with Gasteiger partial charge in [0.15, 0.2) is 0 Å². The highest BCUT2D eigenvalue weighted by atomic mass is 16.5. The van der Waals surface area contributed by atoms with Crippen LogP contribution in [0.2, 0.25) is 0 Å². The Morgan fingerprint density at radius 1 is 0.964 bits per heavy atom. The van der Waals surface area contributed by atoms with E-state index in [1.165, 1.54) is 0 Å². The lowest BCUT2D eigenvalue weighted by Gasteiger charge is -2.24. The van der Waals surface area contributed by atoms with Crippen molar-refractivity contribution in [2.24, 2.45) is 0 Å². The van der Waals surface area contributed by atoms with Gasteiger partial charge in [-0.25, -0.2) is 0 Å². The number of ether oxygens (including phenoxy) is 1. The van der Waals surface area contributed by atoms with Gasteiger partial charge in [-0.1, -0.05) is 42.5 Å². The third-order valence-electron chi connectivity index (χ3n) is 5.03. The van der Waals surface area contributed by atoms with E-state index >= 15 is 0 Å². The van der Waals surface area contributed by atoms with E-state index in [1.54, 1.807) is 6.20 Å². The Hall–Kier alpha value is -3.12. The van der Waals surface area contributed by atoms with E-state index in [1.807, 2.05) is 60.7 Å². The molecule has 28 heavy (non-hydrogen) atoms. The van der Waals surface area contributed by atoms with E-state index in [-0.39, 0.29) is 17.9 Å². The van der Waals surface area contributed by atoms with Crippen molar-refractivity contribution >= 4 is 17.9 Å². The molecule has 0 saturated carbocycles. The first kappa shape index (κ1) is 18.3. The number of fused-ring (bicyclic) bond motifs is 7. The predicted molar refractivity (Wildman–Crippen MR) is 107 cm³/mol. The van der Waals surface area contributed by atoms with E-state index in [0.717, 1.165) is 23.3 Å². The molecule has 1 saturated heterocycles. The normalized spacial score (nSPS) is 25.8. The Balaban J connectivity index is 1.61. The number of hydrogen-bond acceptors (Lipinski definition) is 4. The fraction of sp³-hybridized carbons (Fsp3) is 0.273. The molecule has 144 valence electrons. The van der Waals surface area contributed by atoms with Gasteiger partial charge in [0.2, 0.25) is 11.8 Å². The van der Waals surface area contributed by atoms with Crippen LogP contribution in [-0.2, 0) is 16.0 Å². The lowest BCUT2D eigenvalue weighted by Crippen LogP contribution is -2.54. The number of benzene rings is 2. The number of carbonyl (C=O) groups is 2. The summed E-state index contributed by atoms with van der Waals surface area (Å²) in [6, 6.07) is 16.1. The van der Waals surface area contributed by atoms with Gasteiger partial charge in [-0.3, -0.25) is 9.59 Å². The summed E-state index contributed by atoms with van der Waals surface area (Å²) < 4.78 is 6.04. The van der Waals surface area contributed by atoms with Crippen LogP contribution in [-0.4, -0.2) is 36.5 Å². The minimum Gasteiger partial charge on any atom is -0.488 e. The molecular weight excluding hydrogens is 354 g/mol. The number of rotatable bonds is 2. The monoisotopic (exact) mass is 377 g/mol. The third-order valence-corrected chi connectivity index (χ3v) is 5.03. The van der Waals surface area contributed by atoms with Crippen molar-refractivity contribution in [2.45, 2.75) is 31.0 Å². The predicted octanol–water partition coefficient (Wildman–Crippen LogP) is 1.62. The lowest BCUT2D eigenvalue weighted by molar-refractivity contribution is -0.130. The lowest BCUT2D eigenvalue weighted by atomic mass is 10.0. The van der Waals surface area contributed by atoms with E-state index in [9.17, 15) is 9.59 Å². The molecule has 1 fully saturated rings. The summed E-state index contributed by atoms with van der Waals surface area (Å²) in [7, 11) is 0. The summed E-state index contributed by atoms with van der Waals surface area (Å²) in [6.45, 7) is 0.692. The topological polar surface area (TPSA) is 79.5 Å². The molecule has 3 heterocycles. The summed E-state index contributed by atoms with van der Waals surface area (Å²) in [4.78, 5) is 25.7. The molecule has 3 aliphatic heterocycles. The zero-order valence-electron chi connectivity index (χ0n) is 15.4. The van der Waals surface area contributed by atoms with Gasteiger partial charge in [-0.15, -0.1) is 0 Å². The zero-order valence-corrected chi connectivity index (χ0v) is 15.4. The molecule has 5 rings (SSSR count). The van der Waals surface area contributed by atoms with Crippen molar-refractivity contribution in [3.05, 3.63) is 71.9 Å². The first-order valence-corrected chi connectivity index (χ1v) is 9.50. The van der Waals surface area contributed by atoms with Gasteiger partial charge in [0.05, 0.1) is 0 Å². The number of amides is 2. The molecule has 0 unspecified atom stereocenters. The second kappa shape index (κ2) is 8.27. The van der Waals surface area contributed by atoms with Gasteiger partial charge in [0, 0.05) is 12.6 Å². The number of nitrogens with one attached hydrogen (secondary N) is 3. The SMILES string of the molecule is O=C1N/C=C\c2ccc(cc2)O[C@H]2CCN[C@@H]2C(=O)N[C@H]1Cc1ccccc1. The summed E-state index contributed by atoms with van der Waals surface area (Å²) in [5, 5.41) is 8.89. The fourth-order valence-electron chi connectivity index (χ4n) is 3.54. The standard InChI is InChI=1S/C22H23N3O3/c26-21-18(14-16-4-2-1-3-5-16)25-22(27)20-19(11-13-23-20)28-17-8-6-15(7-9-17)10-12-24-21/h1-10,12,18-20,23H,11,13-14H2,(H,24,26)(H,25,27)/b12-10-/t18-,19-,20-/m0/s1. The van der Waals surface area contributed by atoms with E-state index in [2.05, 4.69) is 16.0 Å². The quantitative estimate of drug-likeness (QED) is 0.743. The van der Waals surface area contributed by atoms with Gasteiger partial charge in [-0.05, 0) is 42.3 Å². The summed E-state index contributed by atoms with van der Waals surface area (Å²) in [5.74, 6) is 0.249. The molecule has 0 spiro atoms. The van der Waals surface area contributed by atoms with Crippen molar-refractivity contribution in [1.82, 2.24) is 16.0 Å². The highest BCUT2D eigenvalue weighted by Gasteiger charge is 2.36. The van der Waals surface area contributed by atoms with Crippen LogP contribution in [0.15, 0.2) is 60.8 Å². The summed E-state index contributed by atoms with van der Waals surface area (Å²) in [6.07, 6.45) is 4.29. The van der Waals surface area contributed by atoms with Crippen molar-refractivity contribution in [1.29, 1.82) is 0 Å². The Morgan fingerprint density at radius 3 is 2.54 bits per heavy atom. The molecule has 0 aliphatic carbocycles. The summed E-state index contributed by atoms with van der Waals surface area (Å²) >= 11 is 0. The maximum absolute atomic E-state index is 12.9. The van der Waals surface area contributed by atoms with Gasteiger partial charge in [0.25, 0.3) is 0 Å². The second-order valence-electron chi connectivity index (χ2n) is 7.04. The average molecular weight is 377 g/mol. The van der Waals surface area contributed by atoms with Crippen LogP contribution >= 0.6 is 0 Å². The highest BCUT2D eigenvalue weighted by molar-refractivity contribution is 5.91. The molecule has 6 heteroatoms. The van der Waals surface area contributed by atoms with Crippen molar-refractivity contribution in [3.63, 3.8) is 0 Å². The van der Waals surface area contributed by atoms with Gasteiger partial charge >= 0.3 is 0 Å². The largest absolute Gasteiger partial charge is 0.488 e. The first-order valence-electron chi connectivity index (χ1n) is 9.50. The molecule has 2 aromatic rings. The van der Waals surface area contributed by atoms with Gasteiger partial charge in [-0.2, -0.15) is 0 Å². The molecule has 6 nitrogen and oxygen atoms in total. The van der Waals surface area contributed by atoms with Crippen LogP contribution in [0.4, 0.5) is 0 Å². The molecule has 3 aliphatic rings. The number of hydrogen-bond donors (Lipinski definition) is 3. The van der Waals surface area contributed by atoms with Crippen molar-refractivity contribution in [2.75, 3.05) is 6.54 Å². The molecule has 2 bridgehead atoms. The fourth-order valence-corrected chi connectivity index (χ4v) is 3.54. The Bertz CT molecular complexity index is 864. The van der Waals surface area contributed by atoms with Gasteiger partial charge in [0.1, 0.15) is 23.9 Å². The van der Waals surface area contributed by atoms with Crippen LogP contribution in [0.3, 0.4) is 0 Å². The smallest absolute Gasteiger partial charge is 0.246 e. The Labute approximate surface area is 164 Å². The van der Waals surface area contributed by atoms with Crippen LogP contribution in [0, 0.1) is 0 Å². The summed E-state index contributed by atoms with van der Waals surface area (Å²) in [5.41, 5.74) is 1.93. The molecule has 2 aromatic carbocycles. The molecule has 2 amide bonds. The minimum absolute atomic E-state index is 0.226. The highest BCUT2D eigenvalue weighted by Crippen LogP contribution is 2.20. The molecule has 0 radical (unpaired) electrons. The van der Waals surface area contributed by atoms with Crippen LogP contribution < -0.4 is 20.7 Å². The van der Waals surface area contributed by atoms with Crippen LogP contribution in [0.25, 0.3) is 6.08 Å². The minimum atomic E-state index is -0.675. The maximum Gasteiger partial charge on any atom is 0.246 e. The molecule has 3 atom stereocenters. The Kier molecular flexibility index (Phi) is 5.39. The van der Waals surface area contributed by atoms with Crippen LogP contribution in [0.5, 0.6) is 5.75 Å². The maximum atomic E-state index is 12.9. The average Bonchev–Trinajstić information content (AvgIpc) is 3.17. The molecular formula is C22H23N3O3. The van der Waals surface area contributed by atoms with Crippen molar-refractivity contribution in [3.8, 4) is 5.75 Å². The number of carbonyl (C=O) groups excluding carboxylic acids is 2. The molecule has 0 aromatic heterocycles. The first-order chi connectivity index (χ1) is 13.7. The zero-order chi connectivity index (χ0) is 19.3. The van der Waals surface area contributed by atoms with E-state index in [4.69, 9.17) is 4.74 Å². The molecule has 3 N–H and O–H groups in total. The van der Waals surface area contributed by atoms with Crippen molar-refractivity contribution < 1.29 is 14.3 Å². The third kappa shape index (κ3) is 4.23. The van der Waals surface area contributed by atoms with Gasteiger partial charge < -0.3 is 20.7 Å².